The Morgan fingerprint density at radius 3 is 2.24 bits per heavy atom. The monoisotopic (exact) mass is 328 g/mol. The van der Waals surface area contributed by atoms with Gasteiger partial charge in [0.05, 0.1) is 6.54 Å². The molecular weight excluding hydrogens is 304 g/mol. The Hall–Kier alpha value is -2.79. The molecule has 2 heteroatoms. The van der Waals surface area contributed by atoms with Crippen molar-refractivity contribution in [2.45, 2.75) is 39.7 Å². The van der Waals surface area contributed by atoms with Crippen LogP contribution >= 0.6 is 0 Å². The van der Waals surface area contributed by atoms with Gasteiger partial charge in [0, 0.05) is 24.4 Å². The van der Waals surface area contributed by atoms with Crippen molar-refractivity contribution in [2.75, 3.05) is 0 Å². The maximum Gasteiger partial charge on any atom is 0.109 e. The van der Waals surface area contributed by atoms with Gasteiger partial charge in [0.2, 0.25) is 0 Å². The summed E-state index contributed by atoms with van der Waals surface area (Å²) < 4.78 is 2.10. The quantitative estimate of drug-likeness (QED) is 0.595. The van der Waals surface area contributed by atoms with Gasteiger partial charge in [0.1, 0.15) is 5.82 Å². The van der Waals surface area contributed by atoms with Crippen LogP contribution in [-0.4, -0.2) is 9.55 Å². The Labute approximate surface area is 150 Å². The van der Waals surface area contributed by atoms with Crippen LogP contribution < -0.4 is 0 Å². The van der Waals surface area contributed by atoms with Gasteiger partial charge in [-0.05, 0) is 35.2 Å². The second kappa shape index (κ2) is 8.35. The summed E-state index contributed by atoms with van der Waals surface area (Å²) in [5.41, 5.74) is 4.94. The largest absolute Gasteiger partial charge is 0.323 e. The minimum atomic E-state index is 0.684. The average molecular weight is 328 g/mol. The summed E-state index contributed by atoms with van der Waals surface area (Å²) in [6.45, 7) is 5.01. The number of imidazole rings is 1. The number of aromatic nitrogens is 2. The molecule has 2 aromatic carbocycles. The number of hydrogen-bond acceptors (Lipinski definition) is 1. The van der Waals surface area contributed by atoms with Gasteiger partial charge in [-0.15, -0.1) is 0 Å². The normalized spacial score (nSPS) is 10.3. The van der Waals surface area contributed by atoms with Gasteiger partial charge < -0.3 is 4.57 Å². The van der Waals surface area contributed by atoms with E-state index < -0.39 is 0 Å². The van der Waals surface area contributed by atoms with Crippen LogP contribution in [0.2, 0.25) is 0 Å². The van der Waals surface area contributed by atoms with Crippen LogP contribution in [0.4, 0.5) is 0 Å². The fourth-order valence-corrected chi connectivity index (χ4v) is 2.92. The molecule has 0 N–H and O–H groups in total. The lowest BCUT2D eigenvalue weighted by Gasteiger charge is -2.04. The Kier molecular flexibility index (Phi) is 5.69. The molecule has 3 rings (SSSR count). The van der Waals surface area contributed by atoms with Gasteiger partial charge >= 0.3 is 0 Å². The molecule has 0 saturated carbocycles. The topological polar surface area (TPSA) is 17.8 Å². The molecule has 25 heavy (non-hydrogen) atoms. The highest BCUT2D eigenvalue weighted by molar-refractivity contribution is 5.64. The third-order valence-corrected chi connectivity index (χ3v) is 4.31. The molecule has 0 atom stereocenters. The van der Waals surface area contributed by atoms with Crippen LogP contribution in [0.1, 0.15) is 37.2 Å². The van der Waals surface area contributed by atoms with Crippen molar-refractivity contribution in [3.63, 3.8) is 0 Å². The number of benzene rings is 2. The molecule has 0 amide bonds. The van der Waals surface area contributed by atoms with Crippen molar-refractivity contribution >= 4 is 0 Å². The summed E-state index contributed by atoms with van der Waals surface area (Å²) in [6.07, 6.45) is 7.08. The van der Waals surface area contributed by atoms with E-state index in [-0.39, 0.29) is 0 Å². The molecule has 0 aliphatic heterocycles. The zero-order valence-corrected chi connectivity index (χ0v) is 15.0. The predicted octanol–water partition coefficient (Wildman–Crippen LogP) is 5.12. The smallest absolute Gasteiger partial charge is 0.109 e. The predicted molar refractivity (Wildman–Crippen MR) is 104 cm³/mol. The Balaban J connectivity index is 1.67. The van der Waals surface area contributed by atoms with E-state index >= 15 is 0 Å². The number of aryl methyl sites for hydroxylation is 2. The van der Waals surface area contributed by atoms with E-state index in [0.29, 0.717) is 6.54 Å². The zero-order valence-electron chi connectivity index (χ0n) is 15.0. The van der Waals surface area contributed by atoms with Crippen LogP contribution in [0, 0.1) is 11.8 Å². The van der Waals surface area contributed by atoms with E-state index in [9.17, 15) is 0 Å². The van der Waals surface area contributed by atoms with Crippen molar-refractivity contribution in [1.29, 1.82) is 0 Å². The first-order valence-electron chi connectivity index (χ1n) is 8.98. The molecule has 0 spiro atoms. The maximum atomic E-state index is 4.32. The second-order valence-electron chi connectivity index (χ2n) is 6.15. The summed E-state index contributed by atoms with van der Waals surface area (Å²) in [5, 5.41) is 0. The fourth-order valence-electron chi connectivity index (χ4n) is 2.92. The Morgan fingerprint density at radius 1 is 0.920 bits per heavy atom. The van der Waals surface area contributed by atoms with E-state index in [1.165, 1.54) is 23.1 Å². The van der Waals surface area contributed by atoms with Gasteiger partial charge in [-0.1, -0.05) is 68.5 Å². The summed E-state index contributed by atoms with van der Waals surface area (Å²) in [6, 6.07) is 17.3. The van der Waals surface area contributed by atoms with Gasteiger partial charge in [-0.25, -0.2) is 4.98 Å². The first-order chi connectivity index (χ1) is 12.3. The summed E-state index contributed by atoms with van der Waals surface area (Å²) in [5.74, 6) is 7.55. The molecule has 1 aromatic heterocycles. The summed E-state index contributed by atoms with van der Waals surface area (Å²) in [4.78, 5) is 4.32. The molecule has 3 aromatic rings. The maximum absolute atomic E-state index is 4.32. The van der Waals surface area contributed by atoms with Crippen molar-refractivity contribution in [2.24, 2.45) is 0 Å². The molecule has 0 fully saturated rings. The SMILES string of the molecule is CCCc1ccc(-c2ccc(C#CCn3ccnc3CC)cc2)cc1. The van der Waals surface area contributed by atoms with Crippen LogP contribution in [0.3, 0.4) is 0 Å². The highest BCUT2D eigenvalue weighted by Gasteiger charge is 1.99. The molecule has 0 unspecified atom stereocenters. The standard InChI is InChI=1S/C23H24N2/c1-3-6-19-8-12-21(13-9-19)22-14-10-20(11-15-22)7-5-17-25-18-16-24-23(25)4-2/h8-16,18H,3-4,6,17H2,1-2H3. The van der Waals surface area contributed by atoms with Crippen LogP contribution in [0.15, 0.2) is 60.9 Å². The highest BCUT2D eigenvalue weighted by Crippen LogP contribution is 2.20. The van der Waals surface area contributed by atoms with E-state index in [4.69, 9.17) is 0 Å². The lowest BCUT2D eigenvalue weighted by Crippen LogP contribution is -2.00. The molecule has 126 valence electrons. The first-order valence-corrected chi connectivity index (χ1v) is 8.98. The Bertz CT molecular complexity index is 859. The number of hydrogen-bond donors (Lipinski definition) is 0. The van der Waals surface area contributed by atoms with E-state index in [1.807, 2.05) is 12.4 Å². The lowest BCUT2D eigenvalue weighted by molar-refractivity contribution is 0.760. The molecule has 0 radical (unpaired) electrons. The van der Waals surface area contributed by atoms with E-state index in [1.54, 1.807) is 0 Å². The number of nitrogens with zero attached hydrogens (tertiary/aromatic N) is 2. The van der Waals surface area contributed by atoms with Crippen molar-refractivity contribution < 1.29 is 0 Å². The zero-order chi connectivity index (χ0) is 17.5. The molecule has 1 heterocycles. The highest BCUT2D eigenvalue weighted by atomic mass is 15.0. The van der Waals surface area contributed by atoms with Crippen LogP contribution in [-0.2, 0) is 19.4 Å². The van der Waals surface area contributed by atoms with Crippen molar-refractivity contribution in [1.82, 2.24) is 9.55 Å². The Morgan fingerprint density at radius 2 is 1.60 bits per heavy atom. The van der Waals surface area contributed by atoms with Crippen molar-refractivity contribution in [3.05, 3.63) is 77.9 Å². The minimum absolute atomic E-state index is 0.684. The van der Waals surface area contributed by atoms with E-state index in [2.05, 4.69) is 83.8 Å². The third kappa shape index (κ3) is 4.39. The third-order valence-electron chi connectivity index (χ3n) is 4.31. The van der Waals surface area contributed by atoms with Gasteiger partial charge in [0.15, 0.2) is 0 Å². The second-order valence-corrected chi connectivity index (χ2v) is 6.15. The molecule has 0 saturated heterocycles. The fraction of sp³-hybridized carbons (Fsp3) is 0.261. The lowest BCUT2D eigenvalue weighted by atomic mass is 10.0. The van der Waals surface area contributed by atoms with Crippen LogP contribution in [0.5, 0.6) is 0 Å². The van der Waals surface area contributed by atoms with Gasteiger partial charge in [0.25, 0.3) is 0 Å². The van der Waals surface area contributed by atoms with Crippen LogP contribution in [0.25, 0.3) is 11.1 Å². The molecular formula is C23H24N2. The molecule has 0 bridgehead atoms. The van der Waals surface area contributed by atoms with Crippen molar-refractivity contribution in [3.8, 4) is 23.0 Å². The van der Waals surface area contributed by atoms with Gasteiger partial charge in [-0.3, -0.25) is 0 Å². The van der Waals surface area contributed by atoms with Gasteiger partial charge in [-0.2, -0.15) is 0 Å². The first kappa shape index (κ1) is 17.0. The summed E-state index contributed by atoms with van der Waals surface area (Å²) in [7, 11) is 0. The molecule has 0 aliphatic carbocycles. The van der Waals surface area contributed by atoms with E-state index in [0.717, 1.165) is 24.2 Å². The minimum Gasteiger partial charge on any atom is -0.323 e. The number of rotatable bonds is 5. The molecule has 2 nitrogen and oxygen atoms in total. The molecule has 0 aliphatic rings. The average Bonchev–Trinajstić information content (AvgIpc) is 3.11. The summed E-state index contributed by atoms with van der Waals surface area (Å²) >= 11 is 0.